The summed E-state index contributed by atoms with van der Waals surface area (Å²) < 4.78 is 42.2. The lowest BCUT2D eigenvalue weighted by molar-refractivity contribution is -0.274. The molecule has 0 fully saturated rings. The molecule has 0 atom stereocenters. The van der Waals surface area contributed by atoms with Crippen LogP contribution in [0.3, 0.4) is 0 Å². The van der Waals surface area contributed by atoms with Crippen molar-refractivity contribution in [2.45, 2.75) is 12.9 Å². The first-order chi connectivity index (χ1) is 10.7. The zero-order chi connectivity index (χ0) is 17.2. The minimum absolute atomic E-state index is 0.280. The normalized spacial score (nSPS) is 11.4. The van der Waals surface area contributed by atoms with E-state index in [4.69, 9.17) is 0 Å². The van der Waals surface area contributed by atoms with Crippen LogP contribution in [-0.4, -0.2) is 23.2 Å². The second-order valence-corrected chi connectivity index (χ2v) is 5.62. The lowest BCUT2D eigenvalue weighted by atomic mass is 10.2. The van der Waals surface area contributed by atoms with Crippen molar-refractivity contribution in [2.75, 3.05) is 11.9 Å². The van der Waals surface area contributed by atoms with Crippen molar-refractivity contribution in [1.82, 2.24) is 9.78 Å². The number of hydrogen-bond donors (Lipinski definition) is 0. The molecule has 124 valence electrons. The highest BCUT2D eigenvalue weighted by Gasteiger charge is 2.31. The molecule has 0 aliphatic carbocycles. The Morgan fingerprint density at radius 3 is 2.74 bits per heavy atom. The molecule has 0 saturated carbocycles. The number of ether oxygens (including phenoxy) is 1. The molecule has 0 bridgehead atoms. The second-order valence-electron chi connectivity index (χ2n) is 4.82. The third-order valence-electron chi connectivity index (χ3n) is 3.02. The molecule has 23 heavy (non-hydrogen) atoms. The molecule has 5 nitrogen and oxygen atoms in total. The fourth-order valence-electron chi connectivity index (χ4n) is 1.97. The molecule has 0 amide bonds. The van der Waals surface area contributed by atoms with Gasteiger partial charge in [0.25, 0.3) is 5.56 Å². The average Bonchev–Trinajstić information content (AvgIpc) is 2.43. The van der Waals surface area contributed by atoms with Crippen molar-refractivity contribution in [1.29, 1.82) is 0 Å². The molecule has 1 heterocycles. The number of anilines is 1. The van der Waals surface area contributed by atoms with Crippen LogP contribution in [0.25, 0.3) is 0 Å². The highest BCUT2D eigenvalue weighted by Crippen LogP contribution is 2.25. The van der Waals surface area contributed by atoms with Gasteiger partial charge in [-0.05, 0) is 33.6 Å². The van der Waals surface area contributed by atoms with Gasteiger partial charge < -0.3 is 9.64 Å². The van der Waals surface area contributed by atoms with E-state index in [1.54, 1.807) is 18.0 Å². The Hall–Kier alpha value is -2.03. The number of halogens is 4. The van der Waals surface area contributed by atoms with Gasteiger partial charge in [0.05, 0.1) is 11.9 Å². The fourth-order valence-corrected chi connectivity index (χ4v) is 2.63. The summed E-state index contributed by atoms with van der Waals surface area (Å²) in [5.74, 6) is -0.287. The van der Waals surface area contributed by atoms with E-state index in [-0.39, 0.29) is 17.9 Å². The smallest absolute Gasteiger partial charge is 0.406 e. The van der Waals surface area contributed by atoms with Gasteiger partial charge in [-0.3, -0.25) is 4.79 Å². The fraction of sp³-hybridized carbons (Fsp3) is 0.286. The number of alkyl halides is 3. The Bertz CT molecular complexity index is 762. The maximum absolute atomic E-state index is 12.3. The summed E-state index contributed by atoms with van der Waals surface area (Å²) in [6.45, 7) is 0.280. The van der Waals surface area contributed by atoms with Gasteiger partial charge in [0.15, 0.2) is 0 Å². The SMILES string of the molecule is CN(Cc1cccc(OC(F)(F)F)c1)c1cnn(C)c(=O)c1Br. The molecule has 0 N–H and O–H groups in total. The molecule has 9 heteroatoms. The van der Waals surface area contributed by atoms with Crippen molar-refractivity contribution >= 4 is 21.6 Å². The third kappa shape index (κ3) is 4.47. The predicted octanol–water partition coefficient (Wildman–Crippen LogP) is 3.08. The van der Waals surface area contributed by atoms with Crippen LogP contribution in [0.5, 0.6) is 5.75 Å². The molecule has 1 aromatic heterocycles. The summed E-state index contributed by atoms with van der Waals surface area (Å²) in [4.78, 5) is 13.5. The number of rotatable bonds is 4. The summed E-state index contributed by atoms with van der Waals surface area (Å²) in [7, 11) is 3.23. The summed E-state index contributed by atoms with van der Waals surface area (Å²) in [6, 6.07) is 5.67. The van der Waals surface area contributed by atoms with Crippen LogP contribution >= 0.6 is 15.9 Å². The number of aryl methyl sites for hydroxylation is 1. The Kier molecular flexibility index (Phi) is 4.98. The first kappa shape index (κ1) is 17.3. The highest BCUT2D eigenvalue weighted by atomic mass is 79.9. The Balaban J connectivity index is 2.21. The van der Waals surface area contributed by atoms with Gasteiger partial charge in [0, 0.05) is 20.6 Å². The van der Waals surface area contributed by atoms with E-state index in [0.717, 1.165) is 0 Å². The van der Waals surface area contributed by atoms with Crippen LogP contribution in [0, 0.1) is 0 Å². The van der Waals surface area contributed by atoms with E-state index in [9.17, 15) is 18.0 Å². The molecular weight excluding hydrogens is 379 g/mol. The largest absolute Gasteiger partial charge is 0.573 e. The van der Waals surface area contributed by atoms with Gasteiger partial charge in [0.2, 0.25) is 0 Å². The lowest BCUT2D eigenvalue weighted by Gasteiger charge is -2.20. The van der Waals surface area contributed by atoms with Gasteiger partial charge in [-0.1, -0.05) is 12.1 Å². The second kappa shape index (κ2) is 6.61. The first-order valence-corrected chi connectivity index (χ1v) is 7.24. The molecule has 0 aliphatic rings. The summed E-state index contributed by atoms with van der Waals surface area (Å²) in [5, 5.41) is 3.93. The predicted molar refractivity (Wildman–Crippen MR) is 82.4 cm³/mol. The van der Waals surface area contributed by atoms with Gasteiger partial charge in [-0.2, -0.15) is 5.10 Å². The van der Waals surface area contributed by atoms with Crippen LogP contribution in [-0.2, 0) is 13.6 Å². The summed E-state index contributed by atoms with van der Waals surface area (Å²) >= 11 is 3.21. The van der Waals surface area contributed by atoms with Crippen molar-refractivity contribution < 1.29 is 17.9 Å². The zero-order valence-electron chi connectivity index (χ0n) is 12.3. The average molecular weight is 392 g/mol. The lowest BCUT2D eigenvalue weighted by Crippen LogP contribution is -2.25. The van der Waals surface area contributed by atoms with Crippen molar-refractivity contribution in [3.8, 4) is 5.75 Å². The van der Waals surface area contributed by atoms with Gasteiger partial charge in [-0.15, -0.1) is 13.2 Å². The Morgan fingerprint density at radius 1 is 1.39 bits per heavy atom. The zero-order valence-corrected chi connectivity index (χ0v) is 13.8. The van der Waals surface area contributed by atoms with Crippen molar-refractivity contribution in [3.63, 3.8) is 0 Å². The number of hydrogen-bond acceptors (Lipinski definition) is 4. The molecule has 2 rings (SSSR count). The topological polar surface area (TPSA) is 47.4 Å². The van der Waals surface area contributed by atoms with Crippen LogP contribution in [0.2, 0.25) is 0 Å². The van der Waals surface area contributed by atoms with Crippen molar-refractivity contribution in [3.05, 3.63) is 50.9 Å². The van der Waals surface area contributed by atoms with E-state index in [0.29, 0.717) is 15.7 Å². The van der Waals surface area contributed by atoms with E-state index >= 15 is 0 Å². The maximum Gasteiger partial charge on any atom is 0.573 e. The van der Waals surface area contributed by atoms with Crippen LogP contribution in [0.4, 0.5) is 18.9 Å². The third-order valence-corrected chi connectivity index (χ3v) is 3.77. The summed E-state index contributed by atoms with van der Waals surface area (Å²) in [6.07, 6.45) is -3.23. The molecule has 0 spiro atoms. The standard InChI is InChI=1S/C14H13BrF3N3O2/c1-20(11-7-19-21(2)13(22)12(11)15)8-9-4-3-5-10(6-9)23-14(16,17)18/h3-7H,8H2,1-2H3. The quantitative estimate of drug-likeness (QED) is 0.803. The minimum Gasteiger partial charge on any atom is -0.406 e. The number of benzene rings is 1. The van der Waals surface area contributed by atoms with E-state index < -0.39 is 6.36 Å². The molecule has 0 aliphatic heterocycles. The van der Waals surface area contributed by atoms with Gasteiger partial charge >= 0.3 is 6.36 Å². The van der Waals surface area contributed by atoms with E-state index in [1.807, 2.05) is 0 Å². The summed E-state index contributed by atoms with van der Waals surface area (Å²) in [5.41, 5.74) is 0.834. The van der Waals surface area contributed by atoms with Crippen LogP contribution in [0.15, 0.2) is 39.7 Å². The number of aromatic nitrogens is 2. The minimum atomic E-state index is -4.73. The van der Waals surface area contributed by atoms with Gasteiger partial charge in [-0.25, -0.2) is 4.68 Å². The molecule has 1 aromatic carbocycles. The Labute approximate surface area is 138 Å². The van der Waals surface area contributed by atoms with Crippen molar-refractivity contribution in [2.24, 2.45) is 7.05 Å². The molecular formula is C14H13BrF3N3O2. The first-order valence-electron chi connectivity index (χ1n) is 6.45. The molecule has 2 aromatic rings. The molecule has 0 saturated heterocycles. The highest BCUT2D eigenvalue weighted by molar-refractivity contribution is 9.10. The van der Waals surface area contributed by atoms with E-state index in [1.165, 1.54) is 36.1 Å². The molecule has 0 radical (unpaired) electrons. The van der Waals surface area contributed by atoms with Gasteiger partial charge in [0.1, 0.15) is 10.2 Å². The van der Waals surface area contributed by atoms with Crippen LogP contribution < -0.4 is 15.2 Å². The van der Waals surface area contributed by atoms with E-state index in [2.05, 4.69) is 25.8 Å². The maximum atomic E-state index is 12.3. The molecule has 0 unspecified atom stereocenters. The monoisotopic (exact) mass is 391 g/mol. The number of nitrogens with zero attached hydrogens (tertiary/aromatic N) is 3. The Morgan fingerprint density at radius 2 is 2.09 bits per heavy atom. The van der Waals surface area contributed by atoms with Crippen LogP contribution in [0.1, 0.15) is 5.56 Å².